The predicted octanol–water partition coefficient (Wildman–Crippen LogP) is 0.836. The summed E-state index contributed by atoms with van der Waals surface area (Å²) in [6, 6.07) is 3.64. The van der Waals surface area contributed by atoms with Crippen LogP contribution in [0.25, 0.3) is 11.2 Å². The van der Waals surface area contributed by atoms with Crippen LogP contribution in [0.1, 0.15) is 16.2 Å². The Morgan fingerprint density at radius 1 is 1.64 bits per heavy atom. The van der Waals surface area contributed by atoms with Crippen LogP contribution in [0, 0.1) is 11.3 Å². The highest BCUT2D eigenvalue weighted by molar-refractivity contribution is 5.81. The first-order valence-electron chi connectivity index (χ1n) is 4.00. The van der Waals surface area contributed by atoms with Gasteiger partial charge in [-0.15, -0.1) is 0 Å². The third-order valence-corrected chi connectivity index (χ3v) is 1.79. The molecule has 1 N–H and O–H groups in total. The molecule has 0 unspecified atom stereocenters. The number of hydrogen-bond donors (Lipinski definition) is 1. The average Bonchev–Trinajstić information content (AvgIpc) is 2.59. The zero-order valence-corrected chi connectivity index (χ0v) is 7.19. The van der Waals surface area contributed by atoms with Crippen molar-refractivity contribution in [1.82, 2.24) is 15.0 Å². The summed E-state index contributed by atoms with van der Waals surface area (Å²) in [5.74, 6) is 0.568. The van der Waals surface area contributed by atoms with Gasteiger partial charge in [0.05, 0.1) is 18.0 Å². The molecule has 0 saturated carbocycles. The molecule has 0 atom stereocenters. The number of nitriles is 1. The molecule has 5 nitrogen and oxygen atoms in total. The SMILES string of the molecule is N#CCc1nc2ncc(C=O)cc2[nH]1. The largest absolute Gasteiger partial charge is 0.340 e. The highest BCUT2D eigenvalue weighted by atomic mass is 16.1. The number of rotatable bonds is 2. The first kappa shape index (κ1) is 8.38. The second-order valence-electron chi connectivity index (χ2n) is 2.78. The van der Waals surface area contributed by atoms with Crippen molar-refractivity contribution in [1.29, 1.82) is 5.26 Å². The van der Waals surface area contributed by atoms with Crippen LogP contribution < -0.4 is 0 Å². The van der Waals surface area contributed by atoms with Gasteiger partial charge in [0.1, 0.15) is 5.82 Å². The standard InChI is InChI=1S/C9H6N4O/c10-2-1-8-12-7-3-6(5-14)4-11-9(7)13-8/h3-5H,1H2,(H,11,12,13). The fourth-order valence-electron chi connectivity index (χ4n) is 1.19. The second-order valence-corrected chi connectivity index (χ2v) is 2.78. The van der Waals surface area contributed by atoms with Crippen LogP contribution in [0.2, 0.25) is 0 Å². The summed E-state index contributed by atoms with van der Waals surface area (Å²) < 4.78 is 0. The van der Waals surface area contributed by atoms with Crippen LogP contribution in [0.5, 0.6) is 0 Å². The van der Waals surface area contributed by atoms with Crippen LogP contribution >= 0.6 is 0 Å². The average molecular weight is 186 g/mol. The molecule has 2 aromatic rings. The summed E-state index contributed by atoms with van der Waals surface area (Å²) in [5.41, 5.74) is 1.70. The Bertz CT molecular complexity index is 523. The number of nitrogens with one attached hydrogen (secondary N) is 1. The van der Waals surface area contributed by atoms with E-state index in [1.807, 2.05) is 6.07 Å². The van der Waals surface area contributed by atoms with Gasteiger partial charge in [0.25, 0.3) is 0 Å². The van der Waals surface area contributed by atoms with E-state index in [4.69, 9.17) is 5.26 Å². The van der Waals surface area contributed by atoms with Gasteiger partial charge in [-0.05, 0) is 6.07 Å². The van der Waals surface area contributed by atoms with Gasteiger partial charge in [-0.3, -0.25) is 4.79 Å². The highest BCUT2D eigenvalue weighted by Gasteiger charge is 2.03. The maximum Gasteiger partial charge on any atom is 0.177 e. The number of carbonyl (C=O) groups is 1. The van der Waals surface area contributed by atoms with Gasteiger partial charge in [0.2, 0.25) is 0 Å². The number of aldehydes is 1. The third-order valence-electron chi connectivity index (χ3n) is 1.79. The highest BCUT2D eigenvalue weighted by Crippen LogP contribution is 2.09. The summed E-state index contributed by atoms with van der Waals surface area (Å²) in [5, 5.41) is 8.46. The zero-order chi connectivity index (χ0) is 9.97. The Balaban J connectivity index is 2.55. The Kier molecular flexibility index (Phi) is 1.95. The summed E-state index contributed by atoms with van der Waals surface area (Å²) in [6.45, 7) is 0. The first-order valence-corrected chi connectivity index (χ1v) is 4.00. The van der Waals surface area contributed by atoms with E-state index in [1.165, 1.54) is 6.20 Å². The molecular formula is C9H6N4O. The molecule has 68 valence electrons. The molecule has 0 aliphatic heterocycles. The molecule has 2 aromatic heterocycles. The summed E-state index contributed by atoms with van der Waals surface area (Å²) >= 11 is 0. The number of aromatic nitrogens is 3. The molecule has 0 aliphatic carbocycles. The number of hydrogen-bond acceptors (Lipinski definition) is 4. The Hall–Kier alpha value is -2.22. The zero-order valence-electron chi connectivity index (χ0n) is 7.19. The summed E-state index contributed by atoms with van der Waals surface area (Å²) in [7, 11) is 0. The van der Waals surface area contributed by atoms with E-state index in [2.05, 4.69) is 15.0 Å². The van der Waals surface area contributed by atoms with Gasteiger partial charge in [0.15, 0.2) is 11.9 Å². The molecule has 0 spiro atoms. The van der Waals surface area contributed by atoms with Crippen LogP contribution in [0.15, 0.2) is 12.3 Å². The summed E-state index contributed by atoms with van der Waals surface area (Å²) in [6.07, 6.45) is 2.39. The van der Waals surface area contributed by atoms with Crippen LogP contribution in [0.4, 0.5) is 0 Å². The molecule has 5 heteroatoms. The topological polar surface area (TPSA) is 82.4 Å². The number of nitrogens with zero attached hydrogens (tertiary/aromatic N) is 3. The molecule has 0 bridgehead atoms. The number of imidazole rings is 1. The lowest BCUT2D eigenvalue weighted by molar-refractivity contribution is 0.112. The molecular weight excluding hydrogens is 180 g/mol. The van der Waals surface area contributed by atoms with E-state index in [0.717, 1.165) is 6.29 Å². The van der Waals surface area contributed by atoms with E-state index < -0.39 is 0 Å². The molecule has 0 aliphatic rings. The molecule has 2 rings (SSSR count). The van der Waals surface area contributed by atoms with Crippen LogP contribution in [-0.2, 0) is 6.42 Å². The first-order chi connectivity index (χ1) is 6.83. The normalized spacial score (nSPS) is 9.93. The number of carbonyl (C=O) groups excluding carboxylic acids is 1. The number of fused-ring (bicyclic) bond motifs is 1. The summed E-state index contributed by atoms with van der Waals surface area (Å²) in [4.78, 5) is 21.4. The van der Waals surface area contributed by atoms with E-state index in [1.54, 1.807) is 6.07 Å². The predicted molar refractivity (Wildman–Crippen MR) is 48.6 cm³/mol. The van der Waals surface area contributed by atoms with Crippen LogP contribution in [0.3, 0.4) is 0 Å². The minimum absolute atomic E-state index is 0.215. The smallest absolute Gasteiger partial charge is 0.177 e. The lowest BCUT2D eigenvalue weighted by Crippen LogP contribution is -1.82. The van der Waals surface area contributed by atoms with Crippen molar-refractivity contribution in [3.05, 3.63) is 23.7 Å². The third kappa shape index (κ3) is 1.33. The van der Waals surface area contributed by atoms with Gasteiger partial charge in [-0.25, -0.2) is 9.97 Å². The molecule has 14 heavy (non-hydrogen) atoms. The fourth-order valence-corrected chi connectivity index (χ4v) is 1.19. The van der Waals surface area contributed by atoms with Gasteiger partial charge >= 0.3 is 0 Å². The lowest BCUT2D eigenvalue weighted by Gasteiger charge is -1.87. The molecule has 2 heterocycles. The van der Waals surface area contributed by atoms with Crippen molar-refractivity contribution >= 4 is 17.5 Å². The van der Waals surface area contributed by atoms with E-state index >= 15 is 0 Å². The minimum Gasteiger partial charge on any atom is -0.340 e. The van der Waals surface area contributed by atoms with Crippen molar-refractivity contribution in [2.75, 3.05) is 0 Å². The lowest BCUT2D eigenvalue weighted by atomic mass is 10.3. The van der Waals surface area contributed by atoms with Gasteiger partial charge in [-0.1, -0.05) is 0 Å². The number of aromatic amines is 1. The monoisotopic (exact) mass is 186 g/mol. The van der Waals surface area contributed by atoms with Crippen molar-refractivity contribution in [3.63, 3.8) is 0 Å². The molecule has 0 aromatic carbocycles. The Morgan fingerprint density at radius 2 is 2.50 bits per heavy atom. The van der Waals surface area contributed by atoms with E-state index in [9.17, 15) is 4.79 Å². The van der Waals surface area contributed by atoms with Gasteiger partial charge in [0, 0.05) is 11.8 Å². The van der Waals surface area contributed by atoms with E-state index in [-0.39, 0.29) is 6.42 Å². The van der Waals surface area contributed by atoms with Crippen molar-refractivity contribution in [3.8, 4) is 6.07 Å². The van der Waals surface area contributed by atoms with Crippen LogP contribution in [-0.4, -0.2) is 21.2 Å². The van der Waals surface area contributed by atoms with Gasteiger partial charge in [-0.2, -0.15) is 5.26 Å². The van der Waals surface area contributed by atoms with Crippen molar-refractivity contribution < 1.29 is 4.79 Å². The number of H-pyrrole nitrogens is 1. The maximum atomic E-state index is 10.5. The molecule has 0 radical (unpaired) electrons. The van der Waals surface area contributed by atoms with Crippen molar-refractivity contribution in [2.45, 2.75) is 6.42 Å². The minimum atomic E-state index is 0.215. The second kappa shape index (κ2) is 3.26. The Morgan fingerprint density at radius 3 is 3.21 bits per heavy atom. The number of pyridine rings is 1. The van der Waals surface area contributed by atoms with Gasteiger partial charge < -0.3 is 4.98 Å². The fraction of sp³-hybridized carbons (Fsp3) is 0.111. The maximum absolute atomic E-state index is 10.5. The molecule has 0 amide bonds. The molecule has 0 fully saturated rings. The Labute approximate surface area is 79.4 Å². The molecule has 0 saturated heterocycles. The van der Waals surface area contributed by atoms with Crippen molar-refractivity contribution in [2.24, 2.45) is 0 Å². The quantitative estimate of drug-likeness (QED) is 0.704. The van der Waals surface area contributed by atoms with E-state index in [0.29, 0.717) is 22.6 Å².